The minimum atomic E-state index is -0.710. The third kappa shape index (κ3) is 4.95. The number of ether oxygens (including phenoxy) is 2. The minimum Gasteiger partial charge on any atom is -0.443 e. The van der Waals surface area contributed by atoms with Crippen LogP contribution in [0.2, 0.25) is 5.02 Å². The van der Waals surface area contributed by atoms with Crippen LogP contribution >= 0.6 is 11.6 Å². The maximum absolute atomic E-state index is 12.7. The van der Waals surface area contributed by atoms with E-state index in [0.717, 1.165) is 0 Å². The molecule has 1 aliphatic heterocycles. The van der Waals surface area contributed by atoms with Gasteiger partial charge in [-0.15, -0.1) is 0 Å². The third-order valence-corrected chi connectivity index (χ3v) is 4.71. The molecule has 8 nitrogen and oxygen atoms in total. The van der Waals surface area contributed by atoms with E-state index in [1.54, 1.807) is 32.9 Å². The van der Waals surface area contributed by atoms with Gasteiger partial charge in [0.05, 0.1) is 28.8 Å². The van der Waals surface area contributed by atoms with Crippen LogP contribution in [0.5, 0.6) is 0 Å². The summed E-state index contributed by atoms with van der Waals surface area (Å²) in [5.41, 5.74) is 0.0706. The highest BCUT2D eigenvalue weighted by Crippen LogP contribution is 2.27. The first-order valence-corrected chi connectivity index (χ1v) is 9.67. The fourth-order valence-corrected chi connectivity index (χ4v) is 3.26. The molecule has 2 N–H and O–H groups in total. The van der Waals surface area contributed by atoms with E-state index in [1.165, 1.54) is 23.2 Å². The lowest BCUT2D eigenvalue weighted by molar-refractivity contribution is -0.0297. The van der Waals surface area contributed by atoms with E-state index in [9.17, 15) is 14.7 Å². The second-order valence-corrected chi connectivity index (χ2v) is 8.22. The van der Waals surface area contributed by atoms with Crippen LogP contribution in [-0.4, -0.2) is 51.6 Å². The van der Waals surface area contributed by atoms with Gasteiger partial charge in [-0.1, -0.05) is 17.7 Å². The van der Waals surface area contributed by atoms with Crippen molar-refractivity contribution in [2.24, 2.45) is 5.92 Å². The molecular weight excluding hydrogens is 398 g/mol. The largest absolute Gasteiger partial charge is 0.443 e. The number of nitrogens with one attached hydrogen (secondary N) is 1. The van der Waals surface area contributed by atoms with Crippen molar-refractivity contribution in [3.63, 3.8) is 0 Å². The third-order valence-electron chi connectivity index (χ3n) is 4.40. The summed E-state index contributed by atoms with van der Waals surface area (Å²) in [5.74, 6) is -0.551. The quantitative estimate of drug-likeness (QED) is 0.789. The van der Waals surface area contributed by atoms with Gasteiger partial charge in [0.2, 0.25) is 0 Å². The summed E-state index contributed by atoms with van der Waals surface area (Å²) in [5, 5.41) is 12.8. The number of aliphatic hydroxyl groups is 1. The van der Waals surface area contributed by atoms with Crippen LogP contribution in [0, 0.1) is 5.92 Å². The fourth-order valence-electron chi connectivity index (χ4n) is 3.02. The van der Waals surface area contributed by atoms with Crippen LogP contribution in [0.25, 0.3) is 11.0 Å². The number of fused-ring (bicyclic) bond motifs is 1. The van der Waals surface area contributed by atoms with E-state index in [4.69, 9.17) is 21.1 Å². The Bertz CT molecular complexity index is 947. The second kappa shape index (κ2) is 8.52. The van der Waals surface area contributed by atoms with Crippen molar-refractivity contribution in [1.29, 1.82) is 0 Å². The number of carbonyl (C=O) groups is 2. The molecule has 0 aliphatic carbocycles. The van der Waals surface area contributed by atoms with Crippen molar-refractivity contribution in [3.05, 3.63) is 41.3 Å². The smallest absolute Gasteiger partial charge is 0.419 e. The molecule has 29 heavy (non-hydrogen) atoms. The van der Waals surface area contributed by atoms with E-state index >= 15 is 0 Å². The summed E-state index contributed by atoms with van der Waals surface area (Å²) in [7, 11) is 0. The number of halogens is 1. The lowest BCUT2D eigenvalue weighted by Crippen LogP contribution is -2.31. The molecule has 9 heteroatoms. The molecule has 0 aromatic carbocycles. The number of aromatic nitrogens is 2. The van der Waals surface area contributed by atoms with E-state index in [2.05, 4.69) is 10.3 Å². The van der Waals surface area contributed by atoms with Crippen molar-refractivity contribution < 1.29 is 24.2 Å². The van der Waals surface area contributed by atoms with Crippen LogP contribution in [-0.2, 0) is 9.47 Å². The lowest BCUT2D eigenvalue weighted by Gasteiger charge is -2.24. The van der Waals surface area contributed by atoms with Gasteiger partial charge >= 0.3 is 6.09 Å². The predicted octanol–water partition coefficient (Wildman–Crippen LogP) is 3.11. The monoisotopic (exact) mass is 421 g/mol. The first-order valence-electron chi connectivity index (χ1n) is 9.29. The highest BCUT2D eigenvalue weighted by Gasteiger charge is 2.25. The molecular formula is C20H24ClN3O5. The standard InChI is InChI=1S/C20H24ClN3O5/c1-20(2,3)29-19(27)24-10-13(16-17(24)14(21)5-8-22-16)18(26)23-7-4-12-6-9-28-11-15(12)25/h4-5,7-8,10,12,15,25H,6,9,11H2,1-3H3,(H,23,26)/b7-4+/t12-,15-/m0/s1. The fraction of sp³-hybridized carbons (Fsp3) is 0.450. The first kappa shape index (κ1) is 21.3. The second-order valence-electron chi connectivity index (χ2n) is 7.81. The van der Waals surface area contributed by atoms with Gasteiger partial charge in [0.15, 0.2) is 0 Å². The van der Waals surface area contributed by atoms with Crippen molar-refractivity contribution in [2.75, 3.05) is 13.2 Å². The molecule has 1 aliphatic rings. The number of aliphatic hydroxyl groups excluding tert-OH is 1. The molecule has 0 spiro atoms. The van der Waals surface area contributed by atoms with E-state index in [0.29, 0.717) is 24.1 Å². The Hall–Kier alpha value is -2.42. The van der Waals surface area contributed by atoms with Gasteiger partial charge in [0.25, 0.3) is 5.91 Å². The average Bonchev–Trinajstić information content (AvgIpc) is 3.03. The zero-order chi connectivity index (χ0) is 21.2. The Morgan fingerprint density at radius 3 is 2.90 bits per heavy atom. The molecule has 1 fully saturated rings. The number of carbonyl (C=O) groups excluding carboxylic acids is 2. The highest BCUT2D eigenvalue weighted by atomic mass is 35.5. The summed E-state index contributed by atoms with van der Waals surface area (Å²) in [6, 6.07) is 1.54. The zero-order valence-electron chi connectivity index (χ0n) is 16.5. The Morgan fingerprint density at radius 1 is 1.45 bits per heavy atom. The topological polar surface area (TPSA) is 103 Å². The van der Waals surface area contributed by atoms with Gasteiger partial charge < -0.3 is 19.9 Å². The Labute approximate surface area is 173 Å². The Morgan fingerprint density at radius 2 is 2.21 bits per heavy atom. The molecule has 0 bridgehead atoms. The summed E-state index contributed by atoms with van der Waals surface area (Å²) >= 11 is 6.26. The van der Waals surface area contributed by atoms with E-state index < -0.39 is 23.7 Å². The van der Waals surface area contributed by atoms with Gasteiger partial charge in [0, 0.05) is 31.1 Å². The highest BCUT2D eigenvalue weighted by molar-refractivity contribution is 6.35. The predicted molar refractivity (Wildman–Crippen MR) is 108 cm³/mol. The van der Waals surface area contributed by atoms with Gasteiger partial charge in [-0.25, -0.2) is 9.36 Å². The molecule has 0 radical (unpaired) electrons. The number of rotatable bonds is 3. The van der Waals surface area contributed by atoms with Crippen molar-refractivity contribution in [2.45, 2.75) is 38.9 Å². The summed E-state index contributed by atoms with van der Waals surface area (Å²) < 4.78 is 11.8. The van der Waals surface area contributed by atoms with Crippen LogP contribution in [0.15, 0.2) is 30.7 Å². The molecule has 2 atom stereocenters. The average molecular weight is 422 g/mol. The molecule has 0 saturated carbocycles. The maximum atomic E-state index is 12.7. The van der Waals surface area contributed by atoms with Crippen LogP contribution in [0.1, 0.15) is 37.6 Å². The molecule has 2 aromatic rings. The molecule has 2 aromatic heterocycles. The maximum Gasteiger partial charge on any atom is 0.419 e. The molecule has 1 saturated heterocycles. The lowest BCUT2D eigenvalue weighted by atomic mass is 9.97. The van der Waals surface area contributed by atoms with Gasteiger partial charge in [-0.2, -0.15) is 0 Å². The summed E-state index contributed by atoms with van der Waals surface area (Å²) in [4.78, 5) is 29.5. The van der Waals surface area contributed by atoms with Gasteiger partial charge in [-0.05, 0) is 33.3 Å². The van der Waals surface area contributed by atoms with Crippen molar-refractivity contribution in [3.8, 4) is 0 Å². The Kier molecular flexibility index (Phi) is 6.26. The van der Waals surface area contributed by atoms with Gasteiger partial charge in [0.1, 0.15) is 11.1 Å². The Balaban J connectivity index is 1.86. The first-order chi connectivity index (χ1) is 13.7. The molecule has 156 valence electrons. The van der Waals surface area contributed by atoms with Crippen LogP contribution < -0.4 is 5.32 Å². The summed E-state index contributed by atoms with van der Waals surface area (Å²) in [6.07, 6.45) is 5.46. The number of pyridine rings is 1. The van der Waals surface area contributed by atoms with Crippen molar-refractivity contribution >= 4 is 34.6 Å². The zero-order valence-corrected chi connectivity index (χ0v) is 17.3. The van der Waals surface area contributed by atoms with Gasteiger partial charge in [-0.3, -0.25) is 9.78 Å². The SMILES string of the molecule is CC(C)(C)OC(=O)n1cc(C(=O)N/C=C/[C@H]2CCOC[C@@H]2O)c2nccc(Cl)c21. The minimum absolute atomic E-state index is 0.0975. The van der Waals surface area contributed by atoms with Crippen LogP contribution in [0.3, 0.4) is 0 Å². The number of amides is 1. The van der Waals surface area contributed by atoms with E-state index in [1.807, 2.05) is 0 Å². The summed E-state index contributed by atoms with van der Waals surface area (Å²) in [6.45, 7) is 6.08. The van der Waals surface area contributed by atoms with Crippen LogP contribution in [0.4, 0.5) is 4.79 Å². The molecule has 3 heterocycles. The molecule has 1 amide bonds. The molecule has 3 rings (SSSR count). The normalized spacial score (nSPS) is 20.2. The van der Waals surface area contributed by atoms with Crippen molar-refractivity contribution in [1.82, 2.24) is 14.9 Å². The number of nitrogens with zero attached hydrogens (tertiary/aromatic N) is 2. The number of hydrogen-bond donors (Lipinski definition) is 2. The van der Waals surface area contributed by atoms with E-state index in [-0.39, 0.29) is 23.1 Å². The number of hydrogen-bond acceptors (Lipinski definition) is 6. The molecule has 0 unspecified atom stereocenters.